The van der Waals surface area contributed by atoms with Crippen LogP contribution in [0.1, 0.15) is 37.7 Å². The Bertz CT molecular complexity index is 793. The van der Waals surface area contributed by atoms with Crippen LogP contribution in [-0.2, 0) is 23.2 Å². The van der Waals surface area contributed by atoms with E-state index >= 15 is 0 Å². The molecule has 148 valence electrons. The molecule has 2 N–H and O–H groups in total. The Morgan fingerprint density at radius 3 is 2.48 bits per heavy atom. The van der Waals surface area contributed by atoms with Crippen LogP contribution in [0.3, 0.4) is 0 Å². The van der Waals surface area contributed by atoms with Crippen molar-refractivity contribution in [2.24, 2.45) is 0 Å². The lowest BCUT2D eigenvalue weighted by atomic mass is 9.92. The van der Waals surface area contributed by atoms with Crippen molar-refractivity contribution >= 4 is 5.91 Å². The molecule has 1 aromatic heterocycles. The van der Waals surface area contributed by atoms with E-state index in [0.29, 0.717) is 17.0 Å². The fourth-order valence-corrected chi connectivity index (χ4v) is 2.30. The van der Waals surface area contributed by atoms with Gasteiger partial charge in [0.2, 0.25) is 5.91 Å². The number of carbonyl (C=O) groups is 1. The van der Waals surface area contributed by atoms with Crippen LogP contribution in [0.25, 0.3) is 0 Å². The average molecular weight is 386 g/mol. The van der Waals surface area contributed by atoms with Gasteiger partial charge < -0.3 is 10.7 Å². The summed E-state index contributed by atoms with van der Waals surface area (Å²) in [5, 5.41) is 6.79. The van der Waals surface area contributed by atoms with E-state index < -0.39 is 18.5 Å². The van der Waals surface area contributed by atoms with Crippen molar-refractivity contribution in [3.8, 4) is 0 Å². The Morgan fingerprint density at radius 2 is 1.89 bits per heavy atom. The molecule has 0 bridgehead atoms. The van der Waals surface area contributed by atoms with E-state index in [1.165, 1.54) is 18.2 Å². The van der Waals surface area contributed by atoms with E-state index in [1.807, 2.05) is 20.8 Å². The summed E-state index contributed by atoms with van der Waals surface area (Å²) in [5.74, 6) is -0.814. The van der Waals surface area contributed by atoms with E-state index in [2.05, 4.69) is 15.8 Å². The van der Waals surface area contributed by atoms with Gasteiger partial charge in [-0.2, -0.15) is 23.1 Å². The van der Waals surface area contributed by atoms with Gasteiger partial charge in [-0.1, -0.05) is 32.9 Å². The van der Waals surface area contributed by atoms with Gasteiger partial charge in [0, 0.05) is 5.41 Å². The zero-order chi connectivity index (χ0) is 20.2. The van der Waals surface area contributed by atoms with E-state index in [-0.39, 0.29) is 24.3 Å². The Hall–Kier alpha value is -2.58. The third-order valence-corrected chi connectivity index (χ3v) is 3.70. The number of nitrogens with one attached hydrogen (secondary N) is 2. The van der Waals surface area contributed by atoms with Crippen molar-refractivity contribution in [2.45, 2.75) is 45.3 Å². The normalized spacial score (nSPS) is 12.1. The average Bonchev–Trinajstić information content (AvgIpc) is 2.94. The van der Waals surface area contributed by atoms with E-state index in [1.54, 1.807) is 12.1 Å². The maximum Gasteiger partial charge on any atom is 0.407 e. The zero-order valence-corrected chi connectivity index (χ0v) is 15.3. The highest BCUT2D eigenvalue weighted by Gasteiger charge is 2.28. The predicted molar refractivity (Wildman–Crippen MR) is 93.2 cm³/mol. The molecule has 0 spiro atoms. The largest absolute Gasteiger partial charge is 0.407 e. The Kier molecular flexibility index (Phi) is 6.12. The van der Waals surface area contributed by atoms with Gasteiger partial charge in [0.25, 0.3) is 0 Å². The molecule has 0 atom stereocenters. The van der Waals surface area contributed by atoms with E-state index in [9.17, 15) is 22.4 Å². The first-order chi connectivity index (χ1) is 12.4. The van der Waals surface area contributed by atoms with Gasteiger partial charge in [0.05, 0.1) is 24.4 Å². The lowest BCUT2D eigenvalue weighted by Crippen LogP contribution is -2.32. The summed E-state index contributed by atoms with van der Waals surface area (Å²) in [6.07, 6.45) is -4.43. The minimum Gasteiger partial charge on any atom is -0.350 e. The van der Waals surface area contributed by atoms with E-state index in [4.69, 9.17) is 0 Å². The van der Waals surface area contributed by atoms with Crippen molar-refractivity contribution in [3.05, 3.63) is 53.1 Å². The van der Waals surface area contributed by atoms with E-state index in [0.717, 1.165) is 4.79 Å². The predicted octanol–water partition coefficient (Wildman–Crippen LogP) is 3.28. The van der Waals surface area contributed by atoms with Gasteiger partial charge in [-0.25, -0.2) is 4.39 Å². The molecule has 0 aliphatic rings. The van der Waals surface area contributed by atoms with Gasteiger partial charge in [0.1, 0.15) is 12.4 Å². The molecule has 1 amide bonds. The molecule has 2 rings (SSSR count). The molecular weight excluding hydrogens is 364 g/mol. The van der Waals surface area contributed by atoms with Crippen LogP contribution in [0.2, 0.25) is 0 Å². The number of rotatable bonds is 6. The summed E-state index contributed by atoms with van der Waals surface area (Å²) in [5.41, 5.74) is 3.32. The number of hydrogen-bond donors (Lipinski definition) is 2. The van der Waals surface area contributed by atoms with Gasteiger partial charge in [-0.05, 0) is 23.8 Å². The Labute approximate surface area is 154 Å². The Balaban J connectivity index is 2.06. The summed E-state index contributed by atoms with van der Waals surface area (Å²) >= 11 is 0. The topological polar surface area (TPSA) is 59.0 Å². The fraction of sp³-hybridized carbons (Fsp3) is 0.444. The molecule has 0 aliphatic heterocycles. The molecule has 9 heteroatoms. The van der Waals surface area contributed by atoms with Crippen molar-refractivity contribution in [2.75, 3.05) is 12.0 Å². The molecule has 1 aromatic carbocycles. The third kappa shape index (κ3) is 6.58. The number of carbonyl (C=O) groups excluding carboxylic acids is 1. The monoisotopic (exact) mass is 386 g/mol. The Morgan fingerprint density at radius 1 is 1.19 bits per heavy atom. The maximum absolute atomic E-state index is 13.2. The highest BCUT2D eigenvalue weighted by atomic mass is 19.4. The molecule has 2 aromatic rings. The standard InChI is InChI=1S/C18H22F4N4O/c1-17(2,3)15-9-14(26(25-15)24-11-18(20,21)22)10-23-16(27)8-12-5-4-6-13(19)7-12/h4-7,9,24H,8,10-11H2,1-3H3,(H,23,27). The van der Waals surface area contributed by atoms with Crippen LogP contribution < -0.4 is 10.7 Å². The second-order valence-electron chi connectivity index (χ2n) is 7.22. The molecule has 5 nitrogen and oxygen atoms in total. The summed E-state index contributed by atoms with van der Waals surface area (Å²) < 4.78 is 50.7. The quantitative estimate of drug-likeness (QED) is 0.749. The van der Waals surface area contributed by atoms with Gasteiger partial charge in [-0.3, -0.25) is 4.79 Å². The first-order valence-electron chi connectivity index (χ1n) is 8.35. The molecule has 27 heavy (non-hydrogen) atoms. The van der Waals surface area contributed by atoms with Gasteiger partial charge in [0.15, 0.2) is 0 Å². The van der Waals surface area contributed by atoms with Crippen LogP contribution in [-0.4, -0.2) is 28.5 Å². The SMILES string of the molecule is CC(C)(C)c1cc(CNC(=O)Cc2cccc(F)c2)n(NCC(F)(F)F)n1. The fourth-order valence-electron chi connectivity index (χ4n) is 2.30. The van der Waals surface area contributed by atoms with Crippen LogP contribution >= 0.6 is 0 Å². The molecular formula is C18H22F4N4O. The molecule has 0 saturated carbocycles. The molecule has 0 aliphatic carbocycles. The van der Waals surface area contributed by atoms with Crippen molar-refractivity contribution in [3.63, 3.8) is 0 Å². The van der Waals surface area contributed by atoms with Crippen LogP contribution in [0, 0.1) is 5.82 Å². The minimum absolute atomic E-state index is 0.0118. The van der Waals surface area contributed by atoms with Crippen molar-refractivity contribution in [1.29, 1.82) is 0 Å². The summed E-state index contributed by atoms with van der Waals surface area (Å²) in [6, 6.07) is 7.30. The first-order valence-corrected chi connectivity index (χ1v) is 8.35. The number of amides is 1. The summed E-state index contributed by atoms with van der Waals surface area (Å²) in [7, 11) is 0. The maximum atomic E-state index is 13.2. The minimum atomic E-state index is -4.40. The number of benzene rings is 1. The van der Waals surface area contributed by atoms with Crippen molar-refractivity contribution in [1.82, 2.24) is 15.2 Å². The molecule has 0 radical (unpaired) electrons. The zero-order valence-electron chi connectivity index (χ0n) is 15.3. The van der Waals surface area contributed by atoms with Crippen molar-refractivity contribution < 1.29 is 22.4 Å². The van der Waals surface area contributed by atoms with Crippen LogP contribution in [0.5, 0.6) is 0 Å². The lowest BCUT2D eigenvalue weighted by Gasteiger charge is -2.15. The number of aromatic nitrogens is 2. The highest BCUT2D eigenvalue weighted by molar-refractivity contribution is 5.78. The number of alkyl halides is 3. The highest BCUT2D eigenvalue weighted by Crippen LogP contribution is 2.22. The lowest BCUT2D eigenvalue weighted by molar-refractivity contribution is -0.121. The molecule has 0 saturated heterocycles. The second-order valence-corrected chi connectivity index (χ2v) is 7.22. The number of hydrogen-bond acceptors (Lipinski definition) is 3. The number of nitrogens with zero attached hydrogens (tertiary/aromatic N) is 2. The number of halogens is 4. The first kappa shape index (κ1) is 20.7. The van der Waals surface area contributed by atoms with Crippen LogP contribution in [0.4, 0.5) is 17.6 Å². The summed E-state index contributed by atoms with van der Waals surface area (Å²) in [4.78, 5) is 13.1. The summed E-state index contributed by atoms with van der Waals surface area (Å²) in [6.45, 7) is 4.39. The third-order valence-electron chi connectivity index (χ3n) is 3.70. The van der Waals surface area contributed by atoms with Gasteiger partial charge >= 0.3 is 6.18 Å². The van der Waals surface area contributed by atoms with Gasteiger partial charge in [-0.15, -0.1) is 0 Å². The molecule has 0 fully saturated rings. The second kappa shape index (κ2) is 7.98. The van der Waals surface area contributed by atoms with Crippen LogP contribution in [0.15, 0.2) is 30.3 Å². The smallest absolute Gasteiger partial charge is 0.350 e. The molecule has 1 heterocycles. The molecule has 0 unspecified atom stereocenters.